The minimum absolute atomic E-state index is 0. The van der Waals surface area contributed by atoms with Gasteiger partial charge in [-0.1, -0.05) is 0 Å². The Morgan fingerprint density at radius 3 is 2.86 bits per heavy atom. The topological polar surface area (TPSA) is 148 Å². The predicted molar refractivity (Wildman–Crippen MR) is 78.7 cm³/mol. The van der Waals surface area contributed by atoms with Crippen LogP contribution < -0.4 is 5.73 Å². The van der Waals surface area contributed by atoms with Crippen molar-refractivity contribution in [1.29, 1.82) is 0 Å². The summed E-state index contributed by atoms with van der Waals surface area (Å²) in [5, 5.41) is 18.9. The van der Waals surface area contributed by atoms with Gasteiger partial charge in [-0.3, -0.25) is 9.79 Å². The first-order valence-electron chi connectivity index (χ1n) is 6.29. The molecule has 0 radical (unpaired) electrons. The van der Waals surface area contributed by atoms with Gasteiger partial charge >= 0.3 is 5.97 Å². The number of aliphatic hydroxyl groups excluding tert-OH is 1. The summed E-state index contributed by atoms with van der Waals surface area (Å²) in [5.74, 6) is -1.30. The number of carbonyl (C=O) groups is 2. The number of aliphatic imine (C=N–C) groups is 1. The lowest BCUT2D eigenvalue weighted by atomic mass is 9.83. The maximum Gasteiger partial charge on any atom is 0.353 e. The number of thioether (sulfide) groups is 1. The van der Waals surface area contributed by atoms with Crippen LogP contribution in [-0.2, 0) is 9.59 Å². The Bertz CT molecular complexity index is 491. The van der Waals surface area contributed by atoms with Crippen molar-refractivity contribution in [3.05, 3.63) is 10.6 Å². The van der Waals surface area contributed by atoms with Gasteiger partial charge in [-0.15, -0.1) is 11.8 Å². The minimum Gasteiger partial charge on any atom is -0.477 e. The minimum atomic E-state index is -1.10. The van der Waals surface area contributed by atoms with Crippen LogP contribution in [0.3, 0.4) is 0 Å². The Kier molecular flexibility index (Phi) is 5.76. The van der Waals surface area contributed by atoms with Crippen molar-refractivity contribution >= 4 is 30.0 Å². The number of fused-ring (bicyclic) bond motifs is 1. The summed E-state index contributed by atoms with van der Waals surface area (Å²) >= 11 is 1.38. The lowest BCUT2D eigenvalue weighted by molar-refractivity contribution is -0.161. The molecular weight excluding hydrogens is 298 g/mol. The third-order valence-corrected chi connectivity index (χ3v) is 4.59. The fourth-order valence-electron chi connectivity index (χ4n) is 2.66. The number of hydrogen-bond acceptors (Lipinski definition) is 5. The van der Waals surface area contributed by atoms with E-state index in [-0.39, 0.29) is 23.1 Å². The molecule has 0 spiro atoms. The van der Waals surface area contributed by atoms with Crippen molar-refractivity contribution in [3.8, 4) is 0 Å². The predicted octanol–water partition coefficient (Wildman–Crippen LogP) is -1.21. The van der Waals surface area contributed by atoms with Crippen LogP contribution in [0.15, 0.2) is 15.6 Å². The summed E-state index contributed by atoms with van der Waals surface area (Å²) in [6.45, 7) is 2.05. The Morgan fingerprint density at radius 1 is 1.67 bits per heavy atom. The van der Waals surface area contributed by atoms with Crippen molar-refractivity contribution in [2.24, 2.45) is 16.6 Å². The SMILES string of the molecule is C[C@H](O)[C@H]1C(=O)N2C(C(=O)O)=C(SCCN=CN)C[C@H]12.O. The maximum atomic E-state index is 11.9. The summed E-state index contributed by atoms with van der Waals surface area (Å²) < 4.78 is 0. The molecule has 0 aromatic carbocycles. The Morgan fingerprint density at radius 2 is 2.33 bits per heavy atom. The first-order valence-corrected chi connectivity index (χ1v) is 7.28. The lowest BCUT2D eigenvalue weighted by Crippen LogP contribution is -2.61. The van der Waals surface area contributed by atoms with Crippen LogP contribution in [0.25, 0.3) is 0 Å². The first-order chi connectivity index (χ1) is 9.49. The average molecular weight is 317 g/mol. The second kappa shape index (κ2) is 6.92. The highest BCUT2D eigenvalue weighted by atomic mass is 32.2. The number of aliphatic hydroxyl groups is 1. The second-order valence-electron chi connectivity index (χ2n) is 4.73. The molecule has 0 unspecified atom stereocenters. The first kappa shape index (κ1) is 17.5. The molecule has 3 atom stereocenters. The molecular formula is C12H19N3O5S. The van der Waals surface area contributed by atoms with Crippen molar-refractivity contribution in [3.63, 3.8) is 0 Å². The molecule has 21 heavy (non-hydrogen) atoms. The molecule has 1 amide bonds. The molecule has 6 N–H and O–H groups in total. The number of β-lactam (4-membered cyclic amide) rings is 1. The number of aliphatic carboxylic acids is 1. The molecule has 0 aliphatic carbocycles. The van der Waals surface area contributed by atoms with Gasteiger partial charge in [0.15, 0.2) is 0 Å². The molecule has 1 fully saturated rings. The zero-order valence-corrected chi connectivity index (χ0v) is 12.3. The van der Waals surface area contributed by atoms with Crippen molar-refractivity contribution < 1.29 is 25.3 Å². The van der Waals surface area contributed by atoms with Crippen LogP contribution in [0.2, 0.25) is 0 Å². The normalized spacial score (nSPS) is 25.6. The van der Waals surface area contributed by atoms with E-state index in [9.17, 15) is 19.8 Å². The number of rotatable bonds is 6. The maximum absolute atomic E-state index is 11.9. The van der Waals surface area contributed by atoms with Gasteiger partial charge in [0.1, 0.15) is 5.70 Å². The van der Waals surface area contributed by atoms with E-state index in [1.165, 1.54) is 23.0 Å². The number of carboxylic acids is 1. The summed E-state index contributed by atoms with van der Waals surface area (Å²) in [4.78, 5) is 29.1. The summed E-state index contributed by atoms with van der Waals surface area (Å²) in [6.07, 6.45) is 0.937. The van der Waals surface area contributed by atoms with E-state index in [2.05, 4.69) is 4.99 Å². The van der Waals surface area contributed by atoms with Crippen LogP contribution in [0.1, 0.15) is 13.3 Å². The fourth-order valence-corrected chi connectivity index (χ4v) is 3.71. The average Bonchev–Trinajstić information content (AvgIpc) is 2.69. The van der Waals surface area contributed by atoms with E-state index in [4.69, 9.17) is 5.73 Å². The molecule has 0 bridgehead atoms. The van der Waals surface area contributed by atoms with Crippen LogP contribution in [0.4, 0.5) is 0 Å². The molecule has 8 nitrogen and oxygen atoms in total. The van der Waals surface area contributed by atoms with Gasteiger partial charge in [0.25, 0.3) is 0 Å². The molecule has 0 aromatic rings. The Hall–Kier alpha value is -1.58. The van der Waals surface area contributed by atoms with Gasteiger partial charge in [-0.2, -0.15) is 0 Å². The van der Waals surface area contributed by atoms with E-state index < -0.39 is 18.0 Å². The number of carbonyl (C=O) groups excluding carboxylic acids is 1. The monoisotopic (exact) mass is 317 g/mol. The summed E-state index contributed by atoms with van der Waals surface area (Å²) in [5.41, 5.74) is 5.19. The largest absolute Gasteiger partial charge is 0.477 e. The molecule has 118 valence electrons. The van der Waals surface area contributed by atoms with Crippen LogP contribution >= 0.6 is 11.8 Å². The third kappa shape index (κ3) is 3.04. The quantitative estimate of drug-likeness (QED) is 0.242. The molecule has 2 heterocycles. The lowest BCUT2D eigenvalue weighted by Gasteiger charge is -2.44. The molecule has 2 aliphatic heterocycles. The zero-order chi connectivity index (χ0) is 14.9. The van der Waals surface area contributed by atoms with E-state index >= 15 is 0 Å². The zero-order valence-electron chi connectivity index (χ0n) is 11.5. The van der Waals surface area contributed by atoms with Crippen LogP contribution in [0.5, 0.6) is 0 Å². The highest BCUT2D eigenvalue weighted by Gasteiger charge is 2.56. The van der Waals surface area contributed by atoms with Gasteiger partial charge in [0.2, 0.25) is 5.91 Å². The van der Waals surface area contributed by atoms with E-state index in [0.29, 0.717) is 23.6 Å². The highest BCUT2D eigenvalue weighted by molar-refractivity contribution is 8.03. The fraction of sp³-hybridized carbons (Fsp3) is 0.583. The second-order valence-corrected chi connectivity index (χ2v) is 5.92. The Balaban J connectivity index is 0.00000220. The van der Waals surface area contributed by atoms with Gasteiger partial charge in [-0.05, 0) is 6.92 Å². The van der Waals surface area contributed by atoms with Crippen molar-refractivity contribution in [2.75, 3.05) is 12.3 Å². The van der Waals surface area contributed by atoms with E-state index in [1.807, 2.05) is 0 Å². The molecule has 2 aliphatic rings. The van der Waals surface area contributed by atoms with Crippen LogP contribution in [0, 0.1) is 5.92 Å². The summed E-state index contributed by atoms with van der Waals surface area (Å²) in [6, 6.07) is -0.228. The number of nitrogens with zero attached hydrogens (tertiary/aromatic N) is 2. The highest BCUT2D eigenvalue weighted by Crippen LogP contribution is 2.46. The van der Waals surface area contributed by atoms with Crippen LogP contribution in [-0.4, -0.2) is 63.2 Å². The smallest absolute Gasteiger partial charge is 0.353 e. The Labute approximate surface area is 126 Å². The number of carboxylic acid groups (broad SMARTS) is 1. The van der Waals surface area contributed by atoms with Gasteiger partial charge in [0, 0.05) is 17.1 Å². The molecule has 1 saturated heterocycles. The van der Waals surface area contributed by atoms with E-state index in [0.717, 1.165) is 0 Å². The number of nitrogens with two attached hydrogens (primary N) is 1. The van der Waals surface area contributed by atoms with Gasteiger partial charge in [0.05, 0.1) is 30.9 Å². The van der Waals surface area contributed by atoms with Crippen molar-refractivity contribution in [1.82, 2.24) is 4.90 Å². The molecule has 0 aromatic heterocycles. The molecule has 0 saturated carbocycles. The number of hydrogen-bond donors (Lipinski definition) is 3. The standard InChI is InChI=1S/C12H17N3O4S.H2O/c1-6(16)9-7-4-8(20-3-2-14-5-13)10(12(18)19)15(7)11(9)17;/h5-7,9,16H,2-4H2,1H3,(H2,13,14)(H,18,19);1H2/t6-,7+,9+;/m0./s1. The van der Waals surface area contributed by atoms with E-state index in [1.54, 1.807) is 6.92 Å². The summed E-state index contributed by atoms with van der Waals surface area (Å²) in [7, 11) is 0. The van der Waals surface area contributed by atoms with Gasteiger partial charge < -0.3 is 26.3 Å². The third-order valence-electron chi connectivity index (χ3n) is 3.49. The van der Waals surface area contributed by atoms with Crippen molar-refractivity contribution in [2.45, 2.75) is 25.5 Å². The number of amides is 1. The van der Waals surface area contributed by atoms with Gasteiger partial charge in [-0.25, -0.2) is 4.79 Å². The molecule has 2 rings (SSSR count). The molecule has 9 heteroatoms.